The van der Waals surface area contributed by atoms with E-state index >= 15 is 0 Å². The fraction of sp³-hybridized carbons (Fsp3) is 0.111. The lowest BCUT2D eigenvalue weighted by atomic mass is 10.1. The fourth-order valence-corrected chi connectivity index (χ4v) is 1.02. The summed E-state index contributed by atoms with van der Waals surface area (Å²) < 4.78 is 0. The summed E-state index contributed by atoms with van der Waals surface area (Å²) in [4.78, 5) is 0. The molecule has 0 amide bonds. The first-order chi connectivity index (χ1) is 5.11. The highest BCUT2D eigenvalue weighted by atomic mass is 35.5. The maximum atomic E-state index is 9.29. The third-order valence-corrected chi connectivity index (χ3v) is 1.65. The monoisotopic (exact) mass is 168 g/mol. The van der Waals surface area contributed by atoms with Crippen molar-refractivity contribution in [2.75, 3.05) is 0 Å². The normalized spacial score (nSPS) is 9.64. The zero-order valence-corrected chi connectivity index (χ0v) is 7.02. The van der Waals surface area contributed by atoms with Crippen LogP contribution in [0.1, 0.15) is 12.5 Å². The molecule has 0 aliphatic rings. The van der Waals surface area contributed by atoms with E-state index in [1.54, 1.807) is 18.2 Å². The molecule has 58 valence electrons. The number of halogens is 1. The van der Waals surface area contributed by atoms with Crippen molar-refractivity contribution >= 4 is 17.2 Å². The second-order valence-electron chi connectivity index (χ2n) is 2.44. The number of rotatable bonds is 1. The zero-order chi connectivity index (χ0) is 8.43. The Morgan fingerprint density at radius 3 is 2.64 bits per heavy atom. The zero-order valence-electron chi connectivity index (χ0n) is 6.26. The van der Waals surface area contributed by atoms with Crippen LogP contribution in [0.2, 0.25) is 5.02 Å². The molecule has 0 heterocycles. The van der Waals surface area contributed by atoms with Gasteiger partial charge in [0.15, 0.2) is 0 Å². The molecule has 0 spiro atoms. The van der Waals surface area contributed by atoms with Crippen LogP contribution in [-0.2, 0) is 0 Å². The number of aromatic hydroxyl groups is 1. The van der Waals surface area contributed by atoms with Gasteiger partial charge in [0.2, 0.25) is 0 Å². The van der Waals surface area contributed by atoms with Crippen LogP contribution < -0.4 is 0 Å². The van der Waals surface area contributed by atoms with E-state index in [0.29, 0.717) is 10.6 Å². The average Bonchev–Trinajstić information content (AvgIpc) is 1.94. The van der Waals surface area contributed by atoms with E-state index in [1.165, 1.54) is 0 Å². The second-order valence-corrected chi connectivity index (χ2v) is 2.88. The first-order valence-corrected chi connectivity index (χ1v) is 3.63. The molecule has 0 bridgehead atoms. The van der Waals surface area contributed by atoms with Crippen molar-refractivity contribution in [2.24, 2.45) is 0 Å². The van der Waals surface area contributed by atoms with Gasteiger partial charge >= 0.3 is 0 Å². The molecular weight excluding hydrogens is 160 g/mol. The Morgan fingerprint density at radius 1 is 1.55 bits per heavy atom. The topological polar surface area (TPSA) is 20.2 Å². The van der Waals surface area contributed by atoms with Gasteiger partial charge in [-0.05, 0) is 30.7 Å². The molecule has 1 nitrogen and oxygen atoms in total. The van der Waals surface area contributed by atoms with Gasteiger partial charge in [0, 0.05) is 10.6 Å². The van der Waals surface area contributed by atoms with Crippen molar-refractivity contribution in [2.45, 2.75) is 6.92 Å². The Labute approximate surface area is 70.9 Å². The number of phenols is 1. The number of hydrogen-bond acceptors (Lipinski definition) is 1. The van der Waals surface area contributed by atoms with Crippen molar-refractivity contribution in [3.63, 3.8) is 0 Å². The van der Waals surface area contributed by atoms with Gasteiger partial charge in [-0.1, -0.05) is 18.2 Å². The van der Waals surface area contributed by atoms with Crippen molar-refractivity contribution < 1.29 is 5.11 Å². The molecule has 0 radical (unpaired) electrons. The SMILES string of the molecule is C=C(C)c1cc(Cl)ccc1O. The van der Waals surface area contributed by atoms with E-state index in [9.17, 15) is 5.11 Å². The Kier molecular flexibility index (Phi) is 2.20. The fourth-order valence-electron chi connectivity index (χ4n) is 0.850. The molecule has 1 aromatic carbocycles. The standard InChI is InChI=1S/C9H9ClO/c1-6(2)8-5-7(10)3-4-9(8)11/h3-5,11H,1H2,2H3. The highest BCUT2D eigenvalue weighted by Gasteiger charge is 2.00. The predicted octanol–water partition coefficient (Wildman–Crippen LogP) is 3.08. The van der Waals surface area contributed by atoms with Crippen LogP contribution >= 0.6 is 11.6 Å². The van der Waals surface area contributed by atoms with Gasteiger partial charge in [-0.3, -0.25) is 0 Å². The molecule has 2 heteroatoms. The first kappa shape index (κ1) is 8.15. The maximum Gasteiger partial charge on any atom is 0.123 e. The quantitative estimate of drug-likeness (QED) is 0.684. The highest BCUT2D eigenvalue weighted by Crippen LogP contribution is 2.26. The molecule has 1 aromatic rings. The molecule has 0 aliphatic heterocycles. The summed E-state index contributed by atoms with van der Waals surface area (Å²) in [5.41, 5.74) is 1.52. The van der Waals surface area contributed by atoms with Gasteiger partial charge in [-0.25, -0.2) is 0 Å². The Hall–Kier alpha value is -0.950. The summed E-state index contributed by atoms with van der Waals surface area (Å²) in [6.07, 6.45) is 0. The van der Waals surface area contributed by atoms with E-state index in [4.69, 9.17) is 11.6 Å². The number of phenolic OH excluding ortho intramolecular Hbond substituents is 1. The maximum absolute atomic E-state index is 9.29. The van der Waals surface area contributed by atoms with E-state index < -0.39 is 0 Å². The molecule has 11 heavy (non-hydrogen) atoms. The Morgan fingerprint density at radius 2 is 2.18 bits per heavy atom. The van der Waals surface area contributed by atoms with Crippen LogP contribution in [0.3, 0.4) is 0 Å². The van der Waals surface area contributed by atoms with Crippen LogP contribution in [-0.4, -0.2) is 5.11 Å². The minimum Gasteiger partial charge on any atom is -0.507 e. The van der Waals surface area contributed by atoms with Gasteiger partial charge in [-0.15, -0.1) is 0 Å². The number of benzene rings is 1. The van der Waals surface area contributed by atoms with Crippen LogP contribution in [0.15, 0.2) is 24.8 Å². The smallest absolute Gasteiger partial charge is 0.123 e. The average molecular weight is 169 g/mol. The summed E-state index contributed by atoms with van der Waals surface area (Å²) in [6.45, 7) is 5.53. The molecule has 0 aliphatic carbocycles. The summed E-state index contributed by atoms with van der Waals surface area (Å²) in [5.74, 6) is 0.224. The Balaban J connectivity index is 3.23. The van der Waals surface area contributed by atoms with Gasteiger partial charge in [-0.2, -0.15) is 0 Å². The van der Waals surface area contributed by atoms with Crippen molar-refractivity contribution in [1.29, 1.82) is 0 Å². The Bertz CT molecular complexity index is 292. The van der Waals surface area contributed by atoms with Gasteiger partial charge in [0.25, 0.3) is 0 Å². The van der Waals surface area contributed by atoms with Crippen LogP contribution in [0.25, 0.3) is 5.57 Å². The van der Waals surface area contributed by atoms with Crippen molar-refractivity contribution in [3.05, 3.63) is 35.4 Å². The molecule has 0 aromatic heterocycles. The second kappa shape index (κ2) is 2.97. The van der Waals surface area contributed by atoms with Crippen LogP contribution in [0.4, 0.5) is 0 Å². The van der Waals surface area contributed by atoms with Gasteiger partial charge < -0.3 is 5.11 Å². The number of allylic oxidation sites excluding steroid dienone is 1. The lowest BCUT2D eigenvalue weighted by molar-refractivity contribution is 0.473. The molecule has 0 saturated carbocycles. The van der Waals surface area contributed by atoms with E-state index in [1.807, 2.05) is 6.92 Å². The summed E-state index contributed by atoms with van der Waals surface area (Å²) in [6, 6.07) is 4.90. The molecule has 0 atom stereocenters. The molecule has 1 rings (SSSR count). The molecule has 0 unspecified atom stereocenters. The van der Waals surface area contributed by atoms with Crippen molar-refractivity contribution in [1.82, 2.24) is 0 Å². The predicted molar refractivity (Wildman–Crippen MR) is 47.8 cm³/mol. The number of hydrogen-bond donors (Lipinski definition) is 1. The minimum absolute atomic E-state index is 0.224. The minimum atomic E-state index is 0.224. The molecule has 1 N–H and O–H groups in total. The van der Waals surface area contributed by atoms with Gasteiger partial charge in [0.1, 0.15) is 5.75 Å². The van der Waals surface area contributed by atoms with E-state index in [-0.39, 0.29) is 5.75 Å². The summed E-state index contributed by atoms with van der Waals surface area (Å²) in [7, 11) is 0. The molecular formula is C9H9ClO. The largest absolute Gasteiger partial charge is 0.507 e. The first-order valence-electron chi connectivity index (χ1n) is 3.25. The molecule has 0 fully saturated rings. The third kappa shape index (κ3) is 1.75. The van der Waals surface area contributed by atoms with Crippen LogP contribution in [0.5, 0.6) is 5.75 Å². The van der Waals surface area contributed by atoms with E-state index in [0.717, 1.165) is 5.57 Å². The van der Waals surface area contributed by atoms with E-state index in [2.05, 4.69) is 6.58 Å². The van der Waals surface area contributed by atoms with Gasteiger partial charge in [0.05, 0.1) is 0 Å². The highest BCUT2D eigenvalue weighted by molar-refractivity contribution is 6.30. The lowest BCUT2D eigenvalue weighted by Gasteiger charge is -2.02. The third-order valence-electron chi connectivity index (χ3n) is 1.42. The summed E-state index contributed by atoms with van der Waals surface area (Å²) in [5, 5.41) is 9.90. The molecule has 0 saturated heterocycles. The lowest BCUT2D eigenvalue weighted by Crippen LogP contribution is -1.78. The summed E-state index contributed by atoms with van der Waals surface area (Å²) >= 11 is 5.71. The van der Waals surface area contributed by atoms with Crippen LogP contribution in [0, 0.1) is 0 Å². The van der Waals surface area contributed by atoms with Crippen molar-refractivity contribution in [3.8, 4) is 5.75 Å².